The number of aromatic amines is 1. The molecule has 0 aliphatic heterocycles. The topological polar surface area (TPSA) is 83.6 Å². The lowest BCUT2D eigenvalue weighted by Gasteiger charge is -2.08. The fourth-order valence-corrected chi connectivity index (χ4v) is 2.89. The van der Waals surface area contributed by atoms with E-state index in [1.165, 1.54) is 5.56 Å². The average molecular weight is 355 g/mol. The minimum atomic E-state index is -0.172. The van der Waals surface area contributed by atoms with Crippen LogP contribution < -0.4 is 5.32 Å². The number of nitrogens with zero attached hydrogens (tertiary/aromatic N) is 3. The lowest BCUT2D eigenvalue weighted by atomic mass is 10.0. The number of aromatic nitrogens is 4. The van der Waals surface area contributed by atoms with Gasteiger partial charge in [0.25, 0.3) is 5.91 Å². The quantitative estimate of drug-likeness (QED) is 0.577. The molecule has 0 fully saturated rings. The normalized spacial score (nSPS) is 10.6. The maximum atomic E-state index is 12.7. The third kappa shape index (κ3) is 3.74. The molecule has 0 aliphatic carbocycles. The van der Waals surface area contributed by atoms with E-state index >= 15 is 0 Å². The predicted molar refractivity (Wildman–Crippen MR) is 104 cm³/mol. The molecule has 1 amide bonds. The number of hydrogen-bond donors (Lipinski definition) is 2. The summed E-state index contributed by atoms with van der Waals surface area (Å²) in [7, 11) is 0. The maximum absolute atomic E-state index is 12.7. The summed E-state index contributed by atoms with van der Waals surface area (Å²) in [6, 6.07) is 23.1. The number of hydrogen-bond acceptors (Lipinski definition) is 4. The van der Waals surface area contributed by atoms with Gasteiger partial charge in [0.2, 0.25) is 5.82 Å². The van der Waals surface area contributed by atoms with E-state index in [9.17, 15) is 4.79 Å². The molecule has 3 aromatic carbocycles. The number of benzene rings is 3. The molecule has 0 spiro atoms. The van der Waals surface area contributed by atoms with Crippen molar-refractivity contribution in [2.24, 2.45) is 0 Å². The summed E-state index contributed by atoms with van der Waals surface area (Å²) in [6.45, 7) is 2.05. The van der Waals surface area contributed by atoms with Gasteiger partial charge in [-0.25, -0.2) is 0 Å². The zero-order valence-electron chi connectivity index (χ0n) is 14.7. The fraction of sp³-hybridized carbons (Fsp3) is 0.0476. The van der Waals surface area contributed by atoms with Crippen LogP contribution in [-0.2, 0) is 0 Å². The van der Waals surface area contributed by atoms with Crippen LogP contribution in [0.2, 0.25) is 0 Å². The standard InChI is InChI=1S/C21H17N5O/c1-14-5-2-6-15(11-14)16-7-3-9-18(12-16)21(27)22-19-10-4-8-17(13-19)20-23-25-26-24-20/h2-13H,1H3,(H,22,27)(H,23,24,25,26). The van der Waals surface area contributed by atoms with Crippen LogP contribution in [0.25, 0.3) is 22.5 Å². The van der Waals surface area contributed by atoms with Gasteiger partial charge >= 0.3 is 0 Å². The Morgan fingerprint density at radius 1 is 0.889 bits per heavy atom. The molecule has 6 nitrogen and oxygen atoms in total. The zero-order valence-corrected chi connectivity index (χ0v) is 14.7. The van der Waals surface area contributed by atoms with E-state index in [2.05, 4.69) is 45.0 Å². The molecule has 0 radical (unpaired) electrons. The summed E-state index contributed by atoms with van der Waals surface area (Å²) < 4.78 is 0. The van der Waals surface area contributed by atoms with Gasteiger partial charge < -0.3 is 5.32 Å². The van der Waals surface area contributed by atoms with Crippen LogP contribution in [-0.4, -0.2) is 26.5 Å². The molecule has 27 heavy (non-hydrogen) atoms. The highest BCUT2D eigenvalue weighted by atomic mass is 16.1. The number of nitrogens with one attached hydrogen (secondary N) is 2. The molecule has 1 aromatic heterocycles. The van der Waals surface area contributed by atoms with Gasteiger partial charge in [0.1, 0.15) is 0 Å². The van der Waals surface area contributed by atoms with E-state index in [1.54, 1.807) is 6.07 Å². The van der Waals surface area contributed by atoms with Crippen molar-refractivity contribution in [1.82, 2.24) is 20.6 Å². The third-order valence-corrected chi connectivity index (χ3v) is 4.20. The second-order valence-electron chi connectivity index (χ2n) is 6.22. The summed E-state index contributed by atoms with van der Waals surface area (Å²) >= 11 is 0. The number of H-pyrrole nitrogens is 1. The molecule has 2 N–H and O–H groups in total. The average Bonchev–Trinajstić information content (AvgIpc) is 3.23. The lowest BCUT2D eigenvalue weighted by molar-refractivity contribution is 0.102. The molecule has 0 bridgehead atoms. The van der Waals surface area contributed by atoms with Crippen LogP contribution in [0, 0.1) is 6.92 Å². The molecule has 1 heterocycles. The van der Waals surface area contributed by atoms with Crippen LogP contribution in [0.15, 0.2) is 72.8 Å². The number of anilines is 1. The molecule has 4 rings (SSSR count). The van der Waals surface area contributed by atoms with Crippen LogP contribution in [0.5, 0.6) is 0 Å². The van der Waals surface area contributed by atoms with Gasteiger partial charge in [0.15, 0.2) is 0 Å². The third-order valence-electron chi connectivity index (χ3n) is 4.20. The first-order valence-electron chi connectivity index (χ1n) is 8.51. The molecule has 0 saturated heterocycles. The Bertz CT molecular complexity index is 1090. The van der Waals surface area contributed by atoms with Gasteiger partial charge in [-0.3, -0.25) is 4.79 Å². The molecule has 0 atom stereocenters. The van der Waals surface area contributed by atoms with E-state index < -0.39 is 0 Å². The Morgan fingerprint density at radius 3 is 2.41 bits per heavy atom. The largest absolute Gasteiger partial charge is 0.322 e. The number of carbonyl (C=O) groups excluding carboxylic acids is 1. The molecule has 0 saturated carbocycles. The molecule has 4 aromatic rings. The fourth-order valence-electron chi connectivity index (χ4n) is 2.89. The van der Waals surface area contributed by atoms with E-state index in [4.69, 9.17) is 0 Å². The zero-order chi connectivity index (χ0) is 18.6. The Hall–Kier alpha value is -3.80. The Balaban J connectivity index is 1.57. The summed E-state index contributed by atoms with van der Waals surface area (Å²) in [5, 5.41) is 16.8. The minimum Gasteiger partial charge on any atom is -0.322 e. The van der Waals surface area contributed by atoms with Crippen molar-refractivity contribution < 1.29 is 4.79 Å². The minimum absolute atomic E-state index is 0.172. The van der Waals surface area contributed by atoms with Crippen molar-refractivity contribution >= 4 is 11.6 Å². The van der Waals surface area contributed by atoms with Crippen molar-refractivity contribution in [2.45, 2.75) is 6.92 Å². The first kappa shape index (κ1) is 16.7. The number of aryl methyl sites for hydroxylation is 1. The first-order chi connectivity index (χ1) is 13.2. The Morgan fingerprint density at radius 2 is 1.63 bits per heavy atom. The van der Waals surface area contributed by atoms with Crippen molar-refractivity contribution in [3.05, 3.63) is 83.9 Å². The van der Waals surface area contributed by atoms with Gasteiger partial charge in [-0.15, -0.1) is 10.2 Å². The maximum Gasteiger partial charge on any atom is 0.255 e. The SMILES string of the molecule is Cc1cccc(-c2cccc(C(=O)Nc3cccc(-c4nn[nH]n4)c3)c2)c1. The summed E-state index contributed by atoms with van der Waals surface area (Å²) in [5.74, 6) is 0.308. The molecule has 0 unspecified atom stereocenters. The van der Waals surface area contributed by atoms with Gasteiger partial charge in [0, 0.05) is 16.8 Å². The van der Waals surface area contributed by atoms with Gasteiger partial charge in [-0.2, -0.15) is 5.21 Å². The highest BCUT2D eigenvalue weighted by Crippen LogP contribution is 2.23. The molecular formula is C21H17N5O. The van der Waals surface area contributed by atoms with Gasteiger partial charge in [-0.05, 0) is 47.5 Å². The second-order valence-corrected chi connectivity index (χ2v) is 6.22. The lowest BCUT2D eigenvalue weighted by Crippen LogP contribution is -2.11. The Labute approximate surface area is 156 Å². The predicted octanol–water partition coefficient (Wildman–Crippen LogP) is 4.09. The first-order valence-corrected chi connectivity index (χ1v) is 8.51. The van der Waals surface area contributed by atoms with Gasteiger partial charge in [-0.1, -0.05) is 54.1 Å². The van der Waals surface area contributed by atoms with Crippen LogP contribution >= 0.6 is 0 Å². The van der Waals surface area contributed by atoms with Crippen molar-refractivity contribution in [1.29, 1.82) is 0 Å². The highest BCUT2D eigenvalue weighted by Gasteiger charge is 2.10. The highest BCUT2D eigenvalue weighted by molar-refractivity contribution is 6.05. The second kappa shape index (κ2) is 7.21. The van der Waals surface area contributed by atoms with Crippen molar-refractivity contribution in [3.63, 3.8) is 0 Å². The number of amides is 1. The van der Waals surface area contributed by atoms with E-state index in [0.717, 1.165) is 16.7 Å². The molecular weight excluding hydrogens is 338 g/mol. The van der Waals surface area contributed by atoms with E-state index in [-0.39, 0.29) is 5.91 Å². The monoisotopic (exact) mass is 355 g/mol. The van der Waals surface area contributed by atoms with Crippen LogP contribution in [0.4, 0.5) is 5.69 Å². The molecule has 0 aliphatic rings. The number of rotatable bonds is 4. The van der Waals surface area contributed by atoms with Crippen LogP contribution in [0.1, 0.15) is 15.9 Å². The van der Waals surface area contributed by atoms with Crippen LogP contribution in [0.3, 0.4) is 0 Å². The summed E-state index contributed by atoms with van der Waals surface area (Å²) in [6.07, 6.45) is 0. The number of carbonyl (C=O) groups is 1. The summed E-state index contributed by atoms with van der Waals surface area (Å²) in [5.41, 5.74) is 5.31. The van der Waals surface area contributed by atoms with Crippen molar-refractivity contribution in [3.8, 4) is 22.5 Å². The van der Waals surface area contributed by atoms with E-state index in [1.807, 2.05) is 54.6 Å². The summed E-state index contributed by atoms with van der Waals surface area (Å²) in [4.78, 5) is 12.7. The van der Waals surface area contributed by atoms with E-state index in [0.29, 0.717) is 17.1 Å². The molecule has 6 heteroatoms. The Kier molecular flexibility index (Phi) is 4.45. The smallest absolute Gasteiger partial charge is 0.255 e. The van der Waals surface area contributed by atoms with Gasteiger partial charge in [0.05, 0.1) is 0 Å². The number of tetrazole rings is 1. The van der Waals surface area contributed by atoms with Crippen molar-refractivity contribution in [2.75, 3.05) is 5.32 Å². The molecule has 132 valence electrons.